The molecule has 0 saturated carbocycles. The molecule has 0 spiro atoms. The minimum atomic E-state index is 0.582. The van der Waals surface area contributed by atoms with Crippen LogP contribution in [-0.2, 0) is 15.9 Å². The van der Waals surface area contributed by atoms with E-state index in [0.717, 1.165) is 23.5 Å². The Kier molecular flexibility index (Phi) is 5.50. The lowest BCUT2D eigenvalue weighted by molar-refractivity contribution is 0.195. The molecular formula is C10H14ClNO2S. The lowest BCUT2D eigenvalue weighted by Crippen LogP contribution is -1.94. The van der Waals surface area contributed by atoms with E-state index in [1.807, 2.05) is 6.92 Å². The topological polar surface area (TPSA) is 31.4 Å². The van der Waals surface area contributed by atoms with Crippen molar-refractivity contribution in [2.24, 2.45) is 0 Å². The lowest BCUT2D eigenvalue weighted by Gasteiger charge is -2.06. The molecule has 0 aliphatic rings. The first-order valence-electron chi connectivity index (χ1n) is 4.71. The third kappa shape index (κ3) is 4.53. The zero-order valence-electron chi connectivity index (χ0n) is 8.83. The summed E-state index contributed by atoms with van der Waals surface area (Å²) in [6.45, 7) is 2.60. The van der Waals surface area contributed by atoms with E-state index in [4.69, 9.17) is 21.1 Å². The summed E-state index contributed by atoms with van der Waals surface area (Å²) in [6, 6.07) is 0. The van der Waals surface area contributed by atoms with Crippen LogP contribution in [0, 0.1) is 0 Å². The molecule has 5 heteroatoms. The Labute approximate surface area is 98.7 Å². The zero-order chi connectivity index (χ0) is 11.1. The fourth-order valence-electron chi connectivity index (χ4n) is 1.13. The molecule has 1 heterocycles. The first kappa shape index (κ1) is 12.3. The van der Waals surface area contributed by atoms with E-state index in [9.17, 15) is 0 Å². The second kappa shape index (κ2) is 6.69. The number of methoxy groups -OCH3 is 1. The highest BCUT2D eigenvalue weighted by Crippen LogP contribution is 2.20. The Morgan fingerprint density at radius 3 is 3.00 bits per heavy atom. The third-order valence-corrected chi connectivity index (χ3v) is 2.90. The van der Waals surface area contributed by atoms with Crippen LogP contribution in [0.3, 0.4) is 0 Å². The van der Waals surface area contributed by atoms with Crippen molar-refractivity contribution in [3.63, 3.8) is 0 Å². The molecule has 0 atom stereocenters. The molecule has 0 aliphatic heterocycles. The van der Waals surface area contributed by atoms with E-state index in [1.54, 1.807) is 19.6 Å². The highest BCUT2D eigenvalue weighted by atomic mass is 35.5. The first-order valence-corrected chi connectivity index (χ1v) is 5.90. The Morgan fingerprint density at radius 1 is 1.67 bits per heavy atom. The van der Waals surface area contributed by atoms with Gasteiger partial charge in [0.2, 0.25) is 0 Å². The van der Waals surface area contributed by atoms with Crippen molar-refractivity contribution in [1.82, 2.24) is 4.98 Å². The van der Waals surface area contributed by atoms with Gasteiger partial charge in [0.15, 0.2) is 4.47 Å². The maximum Gasteiger partial charge on any atom is 0.183 e. The third-order valence-electron chi connectivity index (χ3n) is 1.72. The number of aromatic nitrogens is 1. The molecule has 15 heavy (non-hydrogen) atoms. The molecule has 0 fully saturated rings. The van der Waals surface area contributed by atoms with Crippen LogP contribution < -0.4 is 0 Å². The lowest BCUT2D eigenvalue weighted by atomic mass is 10.2. The minimum Gasteiger partial charge on any atom is -0.501 e. The van der Waals surface area contributed by atoms with Gasteiger partial charge in [0, 0.05) is 17.5 Å². The predicted octanol–water partition coefficient (Wildman–Crippen LogP) is 3.25. The number of aryl methyl sites for hydroxylation is 1. The van der Waals surface area contributed by atoms with Crippen molar-refractivity contribution < 1.29 is 9.47 Å². The van der Waals surface area contributed by atoms with E-state index in [2.05, 4.69) is 4.98 Å². The number of halogens is 1. The number of allylic oxidation sites excluding steroid dienone is 1. The standard InChI is InChI=1S/C10H14ClNO2S/c1-3-14-8(7-13-2)4-5-9-6-12-10(11)15-9/h6-7H,3-5H2,1-2H3/b8-7+. The highest BCUT2D eigenvalue weighted by molar-refractivity contribution is 7.15. The number of rotatable bonds is 6. The maximum atomic E-state index is 5.73. The van der Waals surface area contributed by atoms with Gasteiger partial charge in [0.1, 0.15) is 12.0 Å². The van der Waals surface area contributed by atoms with Crippen molar-refractivity contribution in [2.45, 2.75) is 19.8 Å². The van der Waals surface area contributed by atoms with Crippen molar-refractivity contribution in [2.75, 3.05) is 13.7 Å². The van der Waals surface area contributed by atoms with Crippen LogP contribution in [-0.4, -0.2) is 18.7 Å². The zero-order valence-corrected chi connectivity index (χ0v) is 10.4. The average Bonchev–Trinajstić information content (AvgIpc) is 2.61. The first-order chi connectivity index (χ1) is 7.26. The second-order valence-corrected chi connectivity index (χ2v) is 4.53. The molecule has 0 saturated heterocycles. The average molecular weight is 248 g/mol. The largest absolute Gasteiger partial charge is 0.501 e. The van der Waals surface area contributed by atoms with Crippen LogP contribution in [0.2, 0.25) is 4.47 Å². The van der Waals surface area contributed by atoms with Gasteiger partial charge in [0.05, 0.1) is 13.7 Å². The van der Waals surface area contributed by atoms with E-state index in [1.165, 1.54) is 11.3 Å². The van der Waals surface area contributed by atoms with Crippen LogP contribution in [0.1, 0.15) is 18.2 Å². The predicted molar refractivity (Wildman–Crippen MR) is 62.2 cm³/mol. The van der Waals surface area contributed by atoms with Gasteiger partial charge in [-0.2, -0.15) is 0 Å². The van der Waals surface area contributed by atoms with Gasteiger partial charge in [-0.3, -0.25) is 0 Å². The highest BCUT2D eigenvalue weighted by Gasteiger charge is 2.03. The van der Waals surface area contributed by atoms with Gasteiger partial charge in [0.25, 0.3) is 0 Å². The number of ether oxygens (including phenoxy) is 2. The monoisotopic (exact) mass is 247 g/mol. The summed E-state index contributed by atoms with van der Waals surface area (Å²) in [5.41, 5.74) is 0. The molecule has 0 radical (unpaired) electrons. The summed E-state index contributed by atoms with van der Waals surface area (Å²) < 4.78 is 10.9. The van der Waals surface area contributed by atoms with E-state index < -0.39 is 0 Å². The van der Waals surface area contributed by atoms with Crippen molar-refractivity contribution in [1.29, 1.82) is 0 Å². The maximum absolute atomic E-state index is 5.73. The number of thiazole rings is 1. The van der Waals surface area contributed by atoms with Crippen molar-refractivity contribution in [3.8, 4) is 0 Å². The molecule has 0 aromatic carbocycles. The van der Waals surface area contributed by atoms with Crippen LogP contribution >= 0.6 is 22.9 Å². The Balaban J connectivity index is 2.43. The molecule has 0 unspecified atom stereocenters. The SMILES string of the molecule is CCO/C(=C/OC)CCc1cnc(Cl)s1. The van der Waals surface area contributed by atoms with Gasteiger partial charge < -0.3 is 9.47 Å². The minimum absolute atomic E-state index is 0.582. The van der Waals surface area contributed by atoms with Gasteiger partial charge in [-0.1, -0.05) is 11.6 Å². The molecule has 0 amide bonds. The number of hydrogen-bond acceptors (Lipinski definition) is 4. The quantitative estimate of drug-likeness (QED) is 0.723. The van der Waals surface area contributed by atoms with Crippen molar-refractivity contribution in [3.05, 3.63) is 27.6 Å². The summed E-state index contributed by atoms with van der Waals surface area (Å²) in [6.07, 6.45) is 5.11. The van der Waals surface area contributed by atoms with E-state index in [-0.39, 0.29) is 0 Å². The molecule has 0 aliphatic carbocycles. The van der Waals surface area contributed by atoms with Crippen LogP contribution in [0.25, 0.3) is 0 Å². The second-order valence-electron chi connectivity index (χ2n) is 2.83. The summed E-state index contributed by atoms with van der Waals surface area (Å²) in [5.74, 6) is 0.851. The van der Waals surface area contributed by atoms with E-state index in [0.29, 0.717) is 11.1 Å². The molecule has 0 bridgehead atoms. The molecule has 3 nitrogen and oxygen atoms in total. The fourth-order valence-corrected chi connectivity index (χ4v) is 2.10. The van der Waals surface area contributed by atoms with Crippen molar-refractivity contribution >= 4 is 22.9 Å². The number of hydrogen-bond donors (Lipinski definition) is 0. The fraction of sp³-hybridized carbons (Fsp3) is 0.500. The van der Waals surface area contributed by atoms with Crippen LogP contribution in [0.5, 0.6) is 0 Å². The molecule has 1 aromatic rings. The van der Waals surface area contributed by atoms with Crippen LogP contribution in [0.15, 0.2) is 18.2 Å². The normalized spacial score (nSPS) is 11.5. The summed E-state index contributed by atoms with van der Waals surface area (Å²) in [4.78, 5) is 5.13. The summed E-state index contributed by atoms with van der Waals surface area (Å²) in [7, 11) is 1.61. The molecule has 0 N–H and O–H groups in total. The Bertz CT molecular complexity index is 325. The Hall–Kier alpha value is -0.740. The van der Waals surface area contributed by atoms with E-state index >= 15 is 0 Å². The molecule has 84 valence electrons. The van der Waals surface area contributed by atoms with Gasteiger partial charge in [-0.05, 0) is 13.3 Å². The summed E-state index contributed by atoms with van der Waals surface area (Å²) in [5, 5.41) is 0. The Morgan fingerprint density at radius 2 is 2.47 bits per heavy atom. The molecular weight excluding hydrogens is 234 g/mol. The van der Waals surface area contributed by atoms with Gasteiger partial charge >= 0.3 is 0 Å². The van der Waals surface area contributed by atoms with Crippen LogP contribution in [0.4, 0.5) is 0 Å². The van der Waals surface area contributed by atoms with Gasteiger partial charge in [-0.15, -0.1) is 11.3 Å². The smallest absolute Gasteiger partial charge is 0.183 e. The molecule has 1 aromatic heterocycles. The molecule has 1 rings (SSSR count). The summed E-state index contributed by atoms with van der Waals surface area (Å²) >= 11 is 7.23. The van der Waals surface area contributed by atoms with Gasteiger partial charge in [-0.25, -0.2) is 4.98 Å². The number of nitrogens with zero attached hydrogens (tertiary/aromatic N) is 1.